The van der Waals surface area contributed by atoms with Gasteiger partial charge in [0.05, 0.1) is 0 Å². The normalized spacial score (nSPS) is 11.9. The third-order valence-electron chi connectivity index (χ3n) is 4.43. The van der Waals surface area contributed by atoms with Gasteiger partial charge < -0.3 is 10.1 Å². The number of rotatable bonds is 7. The maximum atomic E-state index is 12.4. The van der Waals surface area contributed by atoms with E-state index in [1.807, 2.05) is 57.2 Å². The number of aryl methyl sites for hydroxylation is 3. The quantitative estimate of drug-likeness (QED) is 0.454. The molecule has 2 rings (SSSR count). The highest BCUT2D eigenvalue weighted by atomic mass is 16.5. The topological polar surface area (TPSA) is 72.5 Å². The van der Waals surface area contributed by atoms with Crippen LogP contribution < -0.4 is 5.32 Å². The molecular formula is C23H25NO4. The molecule has 0 aliphatic rings. The first-order valence-electron chi connectivity index (χ1n) is 9.09. The number of hydrogen-bond donors (Lipinski definition) is 1. The number of Topliss-reactive ketones (excluding diaryl/α,β-unsaturated/α-hetero) is 1. The molecule has 0 saturated carbocycles. The Balaban J connectivity index is 1.87. The number of carbonyl (C=O) groups is 3. The number of esters is 1. The van der Waals surface area contributed by atoms with E-state index in [1.54, 1.807) is 12.1 Å². The summed E-state index contributed by atoms with van der Waals surface area (Å²) < 4.78 is 5.08. The lowest BCUT2D eigenvalue weighted by atomic mass is 9.98. The molecule has 2 aromatic carbocycles. The van der Waals surface area contributed by atoms with Gasteiger partial charge in [-0.15, -0.1) is 0 Å². The van der Waals surface area contributed by atoms with Crippen molar-refractivity contribution < 1.29 is 19.1 Å². The molecule has 0 radical (unpaired) electrons. The Morgan fingerprint density at radius 2 is 1.64 bits per heavy atom. The van der Waals surface area contributed by atoms with Crippen molar-refractivity contribution in [2.45, 2.75) is 33.7 Å². The number of ketones is 1. The lowest BCUT2D eigenvalue weighted by molar-refractivity contribution is -0.145. The van der Waals surface area contributed by atoms with Crippen LogP contribution in [0.1, 0.15) is 39.5 Å². The van der Waals surface area contributed by atoms with E-state index in [4.69, 9.17) is 4.74 Å². The standard InChI is InChI=1S/C23H25NO4/c1-15-12-17(3)20(13-16(15)2)21(25)14-28-23(27)18(4)24-22(26)11-10-19-8-6-5-7-9-19/h5-13,18H,14H2,1-4H3,(H,24,26)/b11-10+/t18-/m0/s1. The van der Waals surface area contributed by atoms with Crippen molar-refractivity contribution in [1.29, 1.82) is 0 Å². The van der Waals surface area contributed by atoms with Crippen molar-refractivity contribution in [3.8, 4) is 0 Å². The van der Waals surface area contributed by atoms with Crippen LogP contribution >= 0.6 is 0 Å². The third kappa shape index (κ3) is 5.91. The molecule has 0 saturated heterocycles. The SMILES string of the molecule is Cc1cc(C)c(C(=O)COC(=O)[C@H](C)NC(=O)/C=C/c2ccccc2)cc1C. The molecular weight excluding hydrogens is 354 g/mol. The van der Waals surface area contributed by atoms with Gasteiger partial charge in [-0.05, 0) is 62.1 Å². The molecule has 0 unspecified atom stereocenters. The molecule has 0 aromatic heterocycles. The maximum absolute atomic E-state index is 12.4. The number of benzene rings is 2. The molecule has 1 amide bonds. The van der Waals surface area contributed by atoms with Gasteiger partial charge in [-0.2, -0.15) is 0 Å². The highest BCUT2D eigenvalue weighted by Crippen LogP contribution is 2.16. The Hall–Kier alpha value is -3.21. The van der Waals surface area contributed by atoms with Gasteiger partial charge in [0.2, 0.25) is 11.7 Å². The summed E-state index contributed by atoms with van der Waals surface area (Å²) in [5.74, 6) is -1.34. The van der Waals surface area contributed by atoms with E-state index < -0.39 is 17.9 Å². The molecule has 0 aliphatic carbocycles. The summed E-state index contributed by atoms with van der Waals surface area (Å²) in [5.41, 5.74) is 4.37. The first-order chi connectivity index (χ1) is 13.3. The van der Waals surface area contributed by atoms with Gasteiger partial charge in [0.15, 0.2) is 6.61 Å². The summed E-state index contributed by atoms with van der Waals surface area (Å²) in [6, 6.07) is 12.2. The second kappa shape index (κ2) is 9.65. The van der Waals surface area contributed by atoms with Crippen molar-refractivity contribution in [3.63, 3.8) is 0 Å². The molecule has 1 atom stereocenters. The molecule has 0 aliphatic heterocycles. The van der Waals surface area contributed by atoms with E-state index in [1.165, 1.54) is 13.0 Å². The van der Waals surface area contributed by atoms with Crippen LogP contribution in [-0.2, 0) is 14.3 Å². The van der Waals surface area contributed by atoms with Crippen LogP contribution in [-0.4, -0.2) is 30.3 Å². The first-order valence-corrected chi connectivity index (χ1v) is 9.09. The molecule has 0 bridgehead atoms. The minimum atomic E-state index is -0.860. The first kappa shape index (κ1) is 21.1. The predicted octanol–water partition coefficient (Wildman–Crippen LogP) is 3.56. The minimum Gasteiger partial charge on any atom is -0.456 e. The summed E-state index contributed by atoms with van der Waals surface area (Å²) >= 11 is 0. The number of nitrogens with one attached hydrogen (secondary N) is 1. The average Bonchev–Trinajstić information content (AvgIpc) is 2.67. The Kier molecular flexibility index (Phi) is 7.27. The lowest BCUT2D eigenvalue weighted by Crippen LogP contribution is -2.39. The fourth-order valence-corrected chi connectivity index (χ4v) is 2.66. The van der Waals surface area contributed by atoms with E-state index in [2.05, 4.69) is 5.32 Å². The third-order valence-corrected chi connectivity index (χ3v) is 4.43. The summed E-state index contributed by atoms with van der Waals surface area (Å²) in [7, 11) is 0. The smallest absolute Gasteiger partial charge is 0.328 e. The van der Waals surface area contributed by atoms with E-state index in [9.17, 15) is 14.4 Å². The number of amides is 1. The Bertz CT molecular complexity index is 900. The summed E-state index contributed by atoms with van der Waals surface area (Å²) in [5, 5.41) is 2.53. The number of carbonyl (C=O) groups excluding carboxylic acids is 3. The van der Waals surface area contributed by atoms with Crippen molar-refractivity contribution in [1.82, 2.24) is 5.32 Å². The summed E-state index contributed by atoms with van der Waals surface area (Å²) in [4.78, 5) is 36.4. The number of hydrogen-bond acceptors (Lipinski definition) is 4. The highest BCUT2D eigenvalue weighted by Gasteiger charge is 2.19. The van der Waals surface area contributed by atoms with Crippen LogP contribution in [0, 0.1) is 20.8 Å². The van der Waals surface area contributed by atoms with Crippen molar-refractivity contribution in [2.75, 3.05) is 6.61 Å². The molecule has 2 aromatic rings. The zero-order valence-corrected chi connectivity index (χ0v) is 16.6. The van der Waals surface area contributed by atoms with Crippen LogP contribution in [0.2, 0.25) is 0 Å². The fraction of sp³-hybridized carbons (Fsp3) is 0.261. The van der Waals surface area contributed by atoms with Crippen LogP contribution in [0.3, 0.4) is 0 Å². The predicted molar refractivity (Wildman–Crippen MR) is 109 cm³/mol. The second-order valence-electron chi connectivity index (χ2n) is 6.76. The number of ether oxygens (including phenoxy) is 1. The van der Waals surface area contributed by atoms with Crippen LogP contribution in [0.4, 0.5) is 0 Å². The van der Waals surface area contributed by atoms with E-state index in [0.717, 1.165) is 22.3 Å². The maximum Gasteiger partial charge on any atom is 0.328 e. The van der Waals surface area contributed by atoms with Crippen molar-refractivity contribution >= 4 is 23.7 Å². The summed E-state index contributed by atoms with van der Waals surface area (Å²) in [6.07, 6.45) is 3.00. The van der Waals surface area contributed by atoms with E-state index >= 15 is 0 Å². The molecule has 0 spiro atoms. The van der Waals surface area contributed by atoms with Gasteiger partial charge in [-0.25, -0.2) is 4.79 Å². The van der Waals surface area contributed by atoms with E-state index in [0.29, 0.717) is 5.56 Å². The van der Waals surface area contributed by atoms with Crippen molar-refractivity contribution in [2.24, 2.45) is 0 Å². The molecule has 5 nitrogen and oxygen atoms in total. The van der Waals surface area contributed by atoms with Crippen LogP contribution in [0.5, 0.6) is 0 Å². The van der Waals surface area contributed by atoms with Gasteiger partial charge in [0.25, 0.3) is 0 Å². The summed E-state index contributed by atoms with van der Waals surface area (Å²) in [6.45, 7) is 6.92. The zero-order chi connectivity index (χ0) is 20.7. The van der Waals surface area contributed by atoms with Crippen LogP contribution in [0.25, 0.3) is 6.08 Å². The van der Waals surface area contributed by atoms with Gasteiger partial charge >= 0.3 is 5.97 Å². The van der Waals surface area contributed by atoms with Gasteiger partial charge in [-0.1, -0.05) is 36.4 Å². The van der Waals surface area contributed by atoms with E-state index in [-0.39, 0.29) is 12.4 Å². The zero-order valence-electron chi connectivity index (χ0n) is 16.6. The van der Waals surface area contributed by atoms with Gasteiger partial charge in [-0.3, -0.25) is 9.59 Å². The highest BCUT2D eigenvalue weighted by molar-refractivity contribution is 6.00. The molecule has 0 fully saturated rings. The largest absolute Gasteiger partial charge is 0.456 e. The molecule has 1 N–H and O–H groups in total. The van der Waals surface area contributed by atoms with Gasteiger partial charge in [0.1, 0.15) is 6.04 Å². The second-order valence-corrected chi connectivity index (χ2v) is 6.76. The molecule has 5 heteroatoms. The monoisotopic (exact) mass is 379 g/mol. The molecule has 0 heterocycles. The fourth-order valence-electron chi connectivity index (χ4n) is 2.66. The Labute approximate surface area is 165 Å². The van der Waals surface area contributed by atoms with Crippen molar-refractivity contribution in [3.05, 3.63) is 76.4 Å². The Morgan fingerprint density at radius 1 is 1.00 bits per heavy atom. The van der Waals surface area contributed by atoms with Crippen LogP contribution in [0.15, 0.2) is 48.5 Å². The average molecular weight is 379 g/mol. The minimum absolute atomic E-state index is 0.267. The Morgan fingerprint density at radius 3 is 2.32 bits per heavy atom. The molecule has 146 valence electrons. The molecule has 28 heavy (non-hydrogen) atoms. The van der Waals surface area contributed by atoms with Gasteiger partial charge in [0, 0.05) is 11.6 Å². The lowest BCUT2D eigenvalue weighted by Gasteiger charge is -2.13.